The van der Waals surface area contributed by atoms with Gasteiger partial charge in [-0.1, -0.05) is 48.5 Å². The number of hydrogen-bond donors (Lipinski definition) is 1. The molecular weight excluding hydrogens is 378 g/mol. The fraction of sp³-hybridized carbons (Fsp3) is 0.0417. The maximum atomic E-state index is 13.3. The number of nitrogens with one attached hydrogen (secondary N) is 1. The maximum Gasteiger partial charge on any atom is 0.257 e. The van der Waals surface area contributed by atoms with Crippen molar-refractivity contribution in [3.05, 3.63) is 88.7 Å². The quantitative estimate of drug-likeness (QED) is 0.377. The highest BCUT2D eigenvalue weighted by Gasteiger charge is 2.16. The summed E-state index contributed by atoms with van der Waals surface area (Å²) in [5, 5.41) is 7.80. The zero-order valence-electron chi connectivity index (χ0n) is 15.7. The summed E-state index contributed by atoms with van der Waals surface area (Å²) in [6.07, 6.45) is 0. The van der Waals surface area contributed by atoms with E-state index in [1.807, 2.05) is 85.1 Å². The number of hydrogen-bond acceptors (Lipinski definition) is 4. The number of pyridine rings is 1. The van der Waals surface area contributed by atoms with Crippen molar-refractivity contribution in [1.82, 2.24) is 9.97 Å². The van der Waals surface area contributed by atoms with Crippen LogP contribution in [-0.2, 0) is 0 Å². The molecule has 0 fully saturated rings. The van der Waals surface area contributed by atoms with E-state index in [0.717, 1.165) is 43.8 Å². The Morgan fingerprint density at radius 2 is 1.55 bits per heavy atom. The lowest BCUT2D eigenvalue weighted by molar-refractivity contribution is 0.103. The fourth-order valence-corrected chi connectivity index (χ4v) is 4.15. The Bertz CT molecular complexity index is 1320. The molecule has 0 atom stereocenters. The SMILES string of the molecule is Cc1nc(-c2cccc(NC(=O)c3c4ccccc4nc4ccccc34)c2)cs1. The first-order valence-corrected chi connectivity index (χ1v) is 10.2. The number of para-hydroxylation sites is 2. The van der Waals surface area contributed by atoms with Gasteiger partial charge in [-0.05, 0) is 31.2 Å². The van der Waals surface area contributed by atoms with Crippen LogP contribution in [-0.4, -0.2) is 15.9 Å². The van der Waals surface area contributed by atoms with Crippen molar-refractivity contribution in [2.45, 2.75) is 6.92 Å². The third-order valence-corrected chi connectivity index (χ3v) is 5.62. The van der Waals surface area contributed by atoms with Crippen LogP contribution >= 0.6 is 11.3 Å². The molecule has 5 rings (SSSR count). The first kappa shape index (κ1) is 17.5. The third kappa shape index (κ3) is 3.26. The molecule has 0 aliphatic heterocycles. The lowest BCUT2D eigenvalue weighted by Gasteiger charge is -2.12. The molecule has 3 aromatic carbocycles. The maximum absolute atomic E-state index is 13.3. The summed E-state index contributed by atoms with van der Waals surface area (Å²) in [7, 11) is 0. The number of benzene rings is 3. The first-order valence-electron chi connectivity index (χ1n) is 9.30. The molecule has 0 unspecified atom stereocenters. The Hall–Kier alpha value is -3.57. The minimum atomic E-state index is -0.147. The van der Waals surface area contributed by atoms with Crippen molar-refractivity contribution >= 4 is 44.7 Å². The Morgan fingerprint density at radius 3 is 2.21 bits per heavy atom. The number of thiazole rings is 1. The number of carbonyl (C=O) groups is 1. The number of aryl methyl sites for hydroxylation is 1. The van der Waals surface area contributed by atoms with Gasteiger partial charge in [0.25, 0.3) is 5.91 Å². The Labute approximate surface area is 171 Å². The predicted octanol–water partition coefficient (Wildman–Crippen LogP) is 6.07. The third-order valence-electron chi connectivity index (χ3n) is 4.85. The summed E-state index contributed by atoms with van der Waals surface area (Å²) in [6.45, 7) is 1.99. The molecule has 0 saturated heterocycles. The molecule has 1 amide bonds. The summed E-state index contributed by atoms with van der Waals surface area (Å²) >= 11 is 1.61. The van der Waals surface area contributed by atoms with Gasteiger partial charge in [0.1, 0.15) is 0 Å². The van der Waals surface area contributed by atoms with Crippen molar-refractivity contribution in [2.24, 2.45) is 0 Å². The molecule has 0 spiro atoms. The Kier molecular flexibility index (Phi) is 4.30. The molecule has 5 aromatic rings. The summed E-state index contributed by atoms with van der Waals surface area (Å²) in [5.41, 5.74) is 4.90. The van der Waals surface area contributed by atoms with E-state index in [1.54, 1.807) is 11.3 Å². The normalized spacial score (nSPS) is 11.1. The molecule has 0 aliphatic carbocycles. The van der Waals surface area contributed by atoms with Gasteiger partial charge in [-0.25, -0.2) is 9.97 Å². The van der Waals surface area contributed by atoms with E-state index in [9.17, 15) is 4.79 Å². The number of amides is 1. The van der Waals surface area contributed by atoms with E-state index in [1.165, 1.54) is 0 Å². The van der Waals surface area contributed by atoms with E-state index in [2.05, 4.69) is 10.3 Å². The summed E-state index contributed by atoms with van der Waals surface area (Å²) in [5.74, 6) is -0.147. The van der Waals surface area contributed by atoms with Gasteiger partial charge in [-0.15, -0.1) is 11.3 Å². The average Bonchev–Trinajstić information content (AvgIpc) is 3.18. The molecule has 2 aromatic heterocycles. The number of anilines is 1. The van der Waals surface area contributed by atoms with Crippen LogP contribution in [0.25, 0.3) is 33.1 Å². The largest absolute Gasteiger partial charge is 0.322 e. The second-order valence-corrected chi connectivity index (χ2v) is 7.87. The van der Waals surface area contributed by atoms with Gasteiger partial charge in [0.15, 0.2) is 0 Å². The number of rotatable bonds is 3. The van der Waals surface area contributed by atoms with Gasteiger partial charge in [-0.2, -0.15) is 0 Å². The zero-order valence-corrected chi connectivity index (χ0v) is 16.5. The molecule has 0 bridgehead atoms. The molecule has 5 heteroatoms. The average molecular weight is 395 g/mol. The van der Waals surface area contributed by atoms with Gasteiger partial charge in [0.05, 0.1) is 27.3 Å². The van der Waals surface area contributed by atoms with Gasteiger partial charge < -0.3 is 5.32 Å². The van der Waals surface area contributed by atoms with E-state index in [4.69, 9.17) is 4.98 Å². The molecule has 0 saturated carbocycles. The van der Waals surface area contributed by atoms with Crippen LogP contribution in [0, 0.1) is 6.92 Å². The summed E-state index contributed by atoms with van der Waals surface area (Å²) < 4.78 is 0. The number of nitrogens with zero attached hydrogens (tertiary/aromatic N) is 2. The Morgan fingerprint density at radius 1 is 0.862 bits per heavy atom. The molecule has 2 heterocycles. The molecule has 0 aliphatic rings. The number of aromatic nitrogens is 2. The standard InChI is InChI=1S/C24H17N3OS/c1-15-25-22(14-29-15)16-7-6-8-17(13-16)26-24(28)23-18-9-2-4-11-20(18)27-21-12-5-3-10-19(21)23/h2-14H,1H3,(H,26,28). The van der Waals surface area contributed by atoms with Crippen LogP contribution < -0.4 is 5.32 Å². The summed E-state index contributed by atoms with van der Waals surface area (Å²) in [4.78, 5) is 22.6. The van der Waals surface area contributed by atoms with E-state index < -0.39 is 0 Å². The molecule has 29 heavy (non-hydrogen) atoms. The van der Waals surface area contributed by atoms with Crippen molar-refractivity contribution < 1.29 is 4.79 Å². The second kappa shape index (κ2) is 7.11. The zero-order chi connectivity index (χ0) is 19.8. The lowest BCUT2D eigenvalue weighted by atomic mass is 10.0. The van der Waals surface area contributed by atoms with Crippen molar-refractivity contribution in [3.63, 3.8) is 0 Å². The van der Waals surface area contributed by atoms with E-state index >= 15 is 0 Å². The topological polar surface area (TPSA) is 54.9 Å². The second-order valence-electron chi connectivity index (χ2n) is 6.81. The van der Waals surface area contributed by atoms with Crippen LogP contribution in [0.15, 0.2) is 78.2 Å². The van der Waals surface area contributed by atoms with Crippen LogP contribution in [0.4, 0.5) is 5.69 Å². The summed E-state index contributed by atoms with van der Waals surface area (Å²) in [6, 6.07) is 23.3. The molecule has 0 radical (unpaired) electrons. The molecule has 1 N–H and O–H groups in total. The van der Waals surface area contributed by atoms with Crippen LogP contribution in [0.3, 0.4) is 0 Å². The minimum Gasteiger partial charge on any atom is -0.322 e. The molecule has 4 nitrogen and oxygen atoms in total. The van der Waals surface area contributed by atoms with E-state index in [-0.39, 0.29) is 5.91 Å². The van der Waals surface area contributed by atoms with Gasteiger partial charge in [0, 0.05) is 27.4 Å². The van der Waals surface area contributed by atoms with Crippen LogP contribution in [0.5, 0.6) is 0 Å². The minimum absolute atomic E-state index is 0.147. The molecular formula is C24H17N3OS. The predicted molar refractivity (Wildman–Crippen MR) is 119 cm³/mol. The lowest BCUT2D eigenvalue weighted by Crippen LogP contribution is -2.13. The van der Waals surface area contributed by atoms with Gasteiger partial charge in [-0.3, -0.25) is 4.79 Å². The van der Waals surface area contributed by atoms with Crippen molar-refractivity contribution in [2.75, 3.05) is 5.32 Å². The molecule has 140 valence electrons. The highest BCUT2D eigenvalue weighted by molar-refractivity contribution is 7.09. The van der Waals surface area contributed by atoms with Crippen molar-refractivity contribution in [3.8, 4) is 11.3 Å². The Balaban J connectivity index is 1.58. The van der Waals surface area contributed by atoms with Crippen LogP contribution in [0.2, 0.25) is 0 Å². The van der Waals surface area contributed by atoms with Crippen molar-refractivity contribution in [1.29, 1.82) is 0 Å². The highest BCUT2D eigenvalue weighted by atomic mass is 32.1. The number of fused-ring (bicyclic) bond motifs is 2. The number of carbonyl (C=O) groups excluding carboxylic acids is 1. The van der Waals surface area contributed by atoms with Gasteiger partial charge >= 0.3 is 0 Å². The highest BCUT2D eigenvalue weighted by Crippen LogP contribution is 2.28. The monoisotopic (exact) mass is 395 g/mol. The fourth-order valence-electron chi connectivity index (χ4n) is 3.53. The first-order chi connectivity index (χ1) is 14.2. The smallest absolute Gasteiger partial charge is 0.257 e. The van der Waals surface area contributed by atoms with Gasteiger partial charge in [0.2, 0.25) is 0 Å². The van der Waals surface area contributed by atoms with E-state index in [0.29, 0.717) is 5.56 Å². The van der Waals surface area contributed by atoms with Crippen LogP contribution in [0.1, 0.15) is 15.4 Å².